The van der Waals surface area contributed by atoms with E-state index >= 15 is 0 Å². The summed E-state index contributed by atoms with van der Waals surface area (Å²) in [6, 6.07) is 9.78. The zero-order valence-corrected chi connectivity index (χ0v) is 16.6. The van der Waals surface area contributed by atoms with Crippen molar-refractivity contribution < 1.29 is 14.3 Å². The first-order valence-corrected chi connectivity index (χ1v) is 9.12. The van der Waals surface area contributed by atoms with Gasteiger partial charge in [-0.15, -0.1) is 0 Å². The largest absolute Gasteiger partial charge is 0.496 e. The van der Waals surface area contributed by atoms with E-state index in [1.165, 1.54) is 0 Å². The van der Waals surface area contributed by atoms with Crippen LogP contribution in [0.2, 0.25) is 0 Å². The lowest BCUT2D eigenvalue weighted by molar-refractivity contribution is -0.116. The monoisotopic (exact) mass is 355 g/mol. The molecule has 0 aliphatic carbocycles. The number of carbonyl (C=O) groups excluding carboxylic acids is 1. The minimum absolute atomic E-state index is 0.0386. The SMILES string of the molecule is CCCC(=O)Nc1cc(C)c(Oc2ccc(OC)c(C(C)C)c2)c(C)c1. The summed E-state index contributed by atoms with van der Waals surface area (Å²) in [4.78, 5) is 11.8. The number of ether oxygens (including phenoxy) is 2. The van der Waals surface area contributed by atoms with Crippen molar-refractivity contribution in [1.82, 2.24) is 0 Å². The fraction of sp³-hybridized carbons (Fsp3) is 0.409. The van der Waals surface area contributed by atoms with Crippen molar-refractivity contribution in [3.05, 3.63) is 47.0 Å². The predicted molar refractivity (Wildman–Crippen MR) is 107 cm³/mol. The quantitative estimate of drug-likeness (QED) is 0.666. The maximum Gasteiger partial charge on any atom is 0.224 e. The standard InChI is InChI=1S/C22H29NO3/c1-7-8-21(24)23-17-11-15(4)22(16(5)12-17)26-18-9-10-20(25-6)19(13-18)14(2)3/h9-14H,7-8H2,1-6H3,(H,23,24). The average molecular weight is 355 g/mol. The summed E-state index contributed by atoms with van der Waals surface area (Å²) in [6.07, 6.45) is 1.36. The van der Waals surface area contributed by atoms with Crippen molar-refractivity contribution in [1.29, 1.82) is 0 Å². The number of anilines is 1. The number of amides is 1. The number of benzene rings is 2. The number of aryl methyl sites for hydroxylation is 2. The second-order valence-electron chi connectivity index (χ2n) is 6.90. The summed E-state index contributed by atoms with van der Waals surface area (Å²) in [6.45, 7) is 10.2. The van der Waals surface area contributed by atoms with Gasteiger partial charge in [-0.05, 0) is 67.6 Å². The van der Waals surface area contributed by atoms with Gasteiger partial charge in [0.05, 0.1) is 7.11 Å². The molecule has 0 radical (unpaired) electrons. The molecule has 2 rings (SSSR count). The number of nitrogens with one attached hydrogen (secondary N) is 1. The Morgan fingerprint density at radius 1 is 1.12 bits per heavy atom. The molecule has 4 nitrogen and oxygen atoms in total. The van der Waals surface area contributed by atoms with Gasteiger partial charge in [0.2, 0.25) is 5.91 Å². The van der Waals surface area contributed by atoms with Gasteiger partial charge in [-0.2, -0.15) is 0 Å². The molecule has 0 atom stereocenters. The highest BCUT2D eigenvalue weighted by Gasteiger charge is 2.13. The molecule has 4 heteroatoms. The molecule has 1 amide bonds. The molecule has 0 heterocycles. The zero-order valence-electron chi connectivity index (χ0n) is 16.6. The zero-order chi connectivity index (χ0) is 19.3. The number of hydrogen-bond donors (Lipinski definition) is 1. The Morgan fingerprint density at radius 3 is 2.31 bits per heavy atom. The summed E-state index contributed by atoms with van der Waals surface area (Å²) >= 11 is 0. The van der Waals surface area contributed by atoms with Gasteiger partial charge in [0, 0.05) is 17.7 Å². The third-order valence-electron chi connectivity index (χ3n) is 4.26. The topological polar surface area (TPSA) is 47.6 Å². The number of hydrogen-bond acceptors (Lipinski definition) is 3. The van der Waals surface area contributed by atoms with E-state index in [0.29, 0.717) is 12.3 Å². The van der Waals surface area contributed by atoms with Gasteiger partial charge in [0.15, 0.2) is 0 Å². The van der Waals surface area contributed by atoms with Crippen LogP contribution < -0.4 is 14.8 Å². The van der Waals surface area contributed by atoms with E-state index in [4.69, 9.17) is 9.47 Å². The molecule has 0 aliphatic rings. The van der Waals surface area contributed by atoms with Gasteiger partial charge in [-0.1, -0.05) is 20.8 Å². The fourth-order valence-corrected chi connectivity index (χ4v) is 2.98. The molecule has 0 unspecified atom stereocenters. The van der Waals surface area contributed by atoms with E-state index in [9.17, 15) is 4.79 Å². The molecule has 0 fully saturated rings. The third-order valence-corrected chi connectivity index (χ3v) is 4.26. The highest BCUT2D eigenvalue weighted by Crippen LogP contribution is 2.35. The molecule has 2 aromatic carbocycles. The molecule has 1 N–H and O–H groups in total. The first-order chi connectivity index (χ1) is 12.3. The summed E-state index contributed by atoms with van der Waals surface area (Å²) in [7, 11) is 1.68. The van der Waals surface area contributed by atoms with Crippen molar-refractivity contribution in [3.63, 3.8) is 0 Å². The Balaban J connectivity index is 2.27. The van der Waals surface area contributed by atoms with Crippen molar-refractivity contribution in [2.45, 2.75) is 53.4 Å². The molecule has 0 aromatic heterocycles. The summed E-state index contributed by atoms with van der Waals surface area (Å²) in [5.41, 5.74) is 3.89. The van der Waals surface area contributed by atoms with Crippen LogP contribution in [-0.2, 0) is 4.79 Å². The Bertz CT molecular complexity index is 758. The Kier molecular flexibility index (Phi) is 6.67. The average Bonchev–Trinajstić information content (AvgIpc) is 2.58. The van der Waals surface area contributed by atoms with Crippen LogP contribution in [0.4, 0.5) is 5.69 Å². The van der Waals surface area contributed by atoms with Crippen LogP contribution in [0.3, 0.4) is 0 Å². The summed E-state index contributed by atoms with van der Waals surface area (Å²) in [5, 5.41) is 2.94. The van der Waals surface area contributed by atoms with E-state index in [0.717, 1.165) is 46.0 Å². The lowest BCUT2D eigenvalue weighted by Crippen LogP contribution is -2.11. The summed E-state index contributed by atoms with van der Waals surface area (Å²) in [5.74, 6) is 2.85. The van der Waals surface area contributed by atoms with Crippen LogP contribution in [0.15, 0.2) is 30.3 Å². The van der Waals surface area contributed by atoms with Crippen LogP contribution in [0.5, 0.6) is 17.2 Å². The van der Waals surface area contributed by atoms with Gasteiger partial charge in [0.1, 0.15) is 17.2 Å². The molecule has 0 saturated heterocycles. The van der Waals surface area contributed by atoms with Crippen molar-refractivity contribution in [3.8, 4) is 17.2 Å². The van der Waals surface area contributed by atoms with Gasteiger partial charge < -0.3 is 14.8 Å². The van der Waals surface area contributed by atoms with Gasteiger partial charge in [-0.3, -0.25) is 4.79 Å². The number of carbonyl (C=O) groups is 1. The molecule has 0 bridgehead atoms. The van der Waals surface area contributed by atoms with Gasteiger partial charge in [-0.25, -0.2) is 0 Å². The predicted octanol–water partition coefficient (Wildman–Crippen LogP) is 5.97. The number of rotatable bonds is 7. The van der Waals surface area contributed by atoms with Crippen molar-refractivity contribution in [2.75, 3.05) is 12.4 Å². The van der Waals surface area contributed by atoms with Gasteiger partial charge >= 0.3 is 0 Å². The van der Waals surface area contributed by atoms with Crippen LogP contribution in [-0.4, -0.2) is 13.0 Å². The minimum atomic E-state index is 0.0386. The normalized spacial score (nSPS) is 10.7. The second kappa shape index (κ2) is 8.75. The lowest BCUT2D eigenvalue weighted by atomic mass is 10.0. The Labute approximate surface area is 156 Å². The summed E-state index contributed by atoms with van der Waals surface area (Å²) < 4.78 is 11.6. The van der Waals surface area contributed by atoms with E-state index in [2.05, 4.69) is 19.2 Å². The fourth-order valence-electron chi connectivity index (χ4n) is 2.98. The molecular formula is C22H29NO3. The molecule has 140 valence electrons. The lowest BCUT2D eigenvalue weighted by Gasteiger charge is -2.17. The highest BCUT2D eigenvalue weighted by molar-refractivity contribution is 5.91. The Morgan fingerprint density at radius 2 is 1.77 bits per heavy atom. The van der Waals surface area contributed by atoms with E-state index in [-0.39, 0.29) is 5.91 Å². The maximum atomic E-state index is 11.8. The van der Waals surface area contributed by atoms with E-state index in [1.807, 2.05) is 51.1 Å². The van der Waals surface area contributed by atoms with E-state index in [1.54, 1.807) is 7.11 Å². The molecule has 0 saturated carbocycles. The highest BCUT2D eigenvalue weighted by atomic mass is 16.5. The molecule has 0 spiro atoms. The molecule has 0 aliphatic heterocycles. The maximum absolute atomic E-state index is 11.8. The van der Waals surface area contributed by atoms with Crippen LogP contribution >= 0.6 is 0 Å². The number of methoxy groups -OCH3 is 1. The smallest absolute Gasteiger partial charge is 0.224 e. The minimum Gasteiger partial charge on any atom is -0.496 e. The first-order valence-electron chi connectivity index (χ1n) is 9.12. The van der Waals surface area contributed by atoms with Crippen LogP contribution in [0.25, 0.3) is 0 Å². The van der Waals surface area contributed by atoms with Gasteiger partial charge in [0.25, 0.3) is 0 Å². The molecular weight excluding hydrogens is 326 g/mol. The first kappa shape index (κ1) is 19.8. The van der Waals surface area contributed by atoms with Crippen LogP contribution in [0, 0.1) is 13.8 Å². The van der Waals surface area contributed by atoms with Crippen LogP contribution in [0.1, 0.15) is 56.2 Å². The van der Waals surface area contributed by atoms with Crippen molar-refractivity contribution >= 4 is 11.6 Å². The second-order valence-corrected chi connectivity index (χ2v) is 6.90. The molecule has 2 aromatic rings. The molecule has 26 heavy (non-hydrogen) atoms. The van der Waals surface area contributed by atoms with Crippen molar-refractivity contribution in [2.24, 2.45) is 0 Å². The van der Waals surface area contributed by atoms with E-state index < -0.39 is 0 Å². The third kappa shape index (κ3) is 4.78. The Hall–Kier alpha value is -2.49.